The molecule has 2 atom stereocenters. The monoisotopic (exact) mass is 291 g/mol. The van der Waals surface area contributed by atoms with Crippen LogP contribution in [-0.2, 0) is 16.1 Å². The third-order valence-electron chi connectivity index (χ3n) is 3.85. The fourth-order valence-corrected chi connectivity index (χ4v) is 2.75. The van der Waals surface area contributed by atoms with Gasteiger partial charge in [-0.05, 0) is 30.7 Å². The lowest BCUT2D eigenvalue weighted by atomic mass is 10.1. The Labute approximate surface area is 124 Å². The second kappa shape index (κ2) is 7.11. The van der Waals surface area contributed by atoms with Gasteiger partial charge in [-0.3, -0.25) is 9.69 Å². The summed E-state index contributed by atoms with van der Waals surface area (Å²) in [6.07, 6.45) is 2.16. The Balaban J connectivity index is 1.95. The predicted molar refractivity (Wildman–Crippen MR) is 77.8 cm³/mol. The molecule has 2 rings (SSSR count). The van der Waals surface area contributed by atoms with Crippen LogP contribution in [0.3, 0.4) is 0 Å². The maximum atomic E-state index is 12.2. The van der Waals surface area contributed by atoms with Crippen LogP contribution in [0.25, 0.3) is 0 Å². The first-order chi connectivity index (χ1) is 10.1. The number of carboxylic acid groups (broad SMARTS) is 1. The first-order valence-electron chi connectivity index (χ1n) is 7.25. The van der Waals surface area contributed by atoms with E-state index in [9.17, 15) is 9.59 Å². The average molecular weight is 291 g/mol. The van der Waals surface area contributed by atoms with Crippen LogP contribution in [0.15, 0.2) is 30.3 Å². The summed E-state index contributed by atoms with van der Waals surface area (Å²) in [4.78, 5) is 24.5. The van der Waals surface area contributed by atoms with Gasteiger partial charge >= 0.3 is 12.1 Å². The molecule has 0 aromatic heterocycles. The third-order valence-corrected chi connectivity index (χ3v) is 3.85. The van der Waals surface area contributed by atoms with Crippen molar-refractivity contribution in [1.29, 1.82) is 0 Å². The van der Waals surface area contributed by atoms with Crippen molar-refractivity contribution >= 4 is 12.1 Å². The van der Waals surface area contributed by atoms with E-state index in [1.807, 2.05) is 30.3 Å². The first-order valence-corrected chi connectivity index (χ1v) is 7.25. The van der Waals surface area contributed by atoms with E-state index in [1.54, 1.807) is 0 Å². The minimum Gasteiger partial charge on any atom is -0.480 e. The maximum Gasteiger partial charge on any atom is 0.410 e. The summed E-state index contributed by atoms with van der Waals surface area (Å²) in [5.41, 5.74) is 0.890. The molecule has 0 spiro atoms. The number of rotatable bonds is 5. The highest BCUT2D eigenvalue weighted by molar-refractivity contribution is 5.77. The molecular formula is C16H21NO4. The van der Waals surface area contributed by atoms with E-state index in [1.165, 1.54) is 4.90 Å². The number of aliphatic carboxylic acids is 1. The van der Waals surface area contributed by atoms with Crippen molar-refractivity contribution in [2.24, 2.45) is 5.92 Å². The van der Waals surface area contributed by atoms with Crippen molar-refractivity contribution in [1.82, 2.24) is 4.90 Å². The summed E-state index contributed by atoms with van der Waals surface area (Å²) in [5.74, 6) is -0.487. The minimum absolute atomic E-state index is 0.0284. The SMILES string of the molecule is C[C@@H]1CC[C@H](N(CC(=O)O)C(=O)OCc2ccccc2)C1. The molecule has 0 heterocycles. The van der Waals surface area contributed by atoms with E-state index >= 15 is 0 Å². The lowest BCUT2D eigenvalue weighted by molar-refractivity contribution is -0.138. The largest absolute Gasteiger partial charge is 0.480 e. The van der Waals surface area contributed by atoms with Crippen LogP contribution >= 0.6 is 0 Å². The molecule has 1 fully saturated rings. The van der Waals surface area contributed by atoms with Crippen LogP contribution in [0, 0.1) is 5.92 Å². The number of carboxylic acids is 1. The Hall–Kier alpha value is -2.04. The number of carbonyl (C=O) groups is 2. The number of ether oxygens (including phenoxy) is 1. The Morgan fingerprint density at radius 3 is 2.57 bits per heavy atom. The molecule has 0 bridgehead atoms. The molecule has 21 heavy (non-hydrogen) atoms. The molecule has 1 aromatic carbocycles. The Morgan fingerprint density at radius 2 is 2.00 bits per heavy atom. The lowest BCUT2D eigenvalue weighted by Crippen LogP contribution is -2.42. The second-order valence-corrected chi connectivity index (χ2v) is 5.63. The van der Waals surface area contributed by atoms with Crippen LogP contribution in [0.2, 0.25) is 0 Å². The van der Waals surface area contributed by atoms with Crippen molar-refractivity contribution in [2.75, 3.05) is 6.54 Å². The number of carbonyl (C=O) groups excluding carboxylic acids is 1. The molecule has 0 aliphatic heterocycles. The molecule has 1 aliphatic carbocycles. The topological polar surface area (TPSA) is 66.8 Å². The molecule has 1 saturated carbocycles. The van der Waals surface area contributed by atoms with E-state index in [-0.39, 0.29) is 19.2 Å². The second-order valence-electron chi connectivity index (χ2n) is 5.63. The van der Waals surface area contributed by atoms with E-state index in [2.05, 4.69) is 6.92 Å². The molecule has 5 nitrogen and oxygen atoms in total. The van der Waals surface area contributed by atoms with Gasteiger partial charge in [0.15, 0.2) is 0 Å². The van der Waals surface area contributed by atoms with Crippen molar-refractivity contribution in [3.05, 3.63) is 35.9 Å². The summed E-state index contributed by atoms with van der Waals surface area (Å²) in [6, 6.07) is 9.34. The molecule has 1 aromatic rings. The lowest BCUT2D eigenvalue weighted by Gasteiger charge is -2.26. The first kappa shape index (κ1) is 15.4. The van der Waals surface area contributed by atoms with Gasteiger partial charge in [-0.2, -0.15) is 0 Å². The van der Waals surface area contributed by atoms with Gasteiger partial charge < -0.3 is 9.84 Å². The molecule has 0 unspecified atom stereocenters. The average Bonchev–Trinajstić information content (AvgIpc) is 2.89. The number of benzene rings is 1. The predicted octanol–water partition coefficient (Wildman–Crippen LogP) is 2.90. The summed E-state index contributed by atoms with van der Waals surface area (Å²) in [5, 5.41) is 8.99. The molecule has 0 radical (unpaired) electrons. The van der Waals surface area contributed by atoms with Gasteiger partial charge in [0.2, 0.25) is 0 Å². The van der Waals surface area contributed by atoms with Crippen molar-refractivity contribution in [2.45, 2.75) is 38.8 Å². The van der Waals surface area contributed by atoms with Crippen molar-refractivity contribution in [3.63, 3.8) is 0 Å². The van der Waals surface area contributed by atoms with Crippen LogP contribution in [0.1, 0.15) is 31.7 Å². The zero-order chi connectivity index (χ0) is 15.2. The van der Waals surface area contributed by atoms with Gasteiger partial charge in [0.25, 0.3) is 0 Å². The molecule has 1 amide bonds. The smallest absolute Gasteiger partial charge is 0.410 e. The van der Waals surface area contributed by atoms with Crippen LogP contribution in [0.4, 0.5) is 4.79 Å². The molecule has 5 heteroatoms. The summed E-state index contributed by atoms with van der Waals surface area (Å²) >= 11 is 0. The fraction of sp³-hybridized carbons (Fsp3) is 0.500. The minimum atomic E-state index is -1.01. The van der Waals surface area contributed by atoms with E-state index < -0.39 is 12.1 Å². The van der Waals surface area contributed by atoms with Gasteiger partial charge in [0, 0.05) is 6.04 Å². The van der Waals surface area contributed by atoms with Gasteiger partial charge in [0.05, 0.1) is 0 Å². The normalized spacial score (nSPS) is 21.0. The highest BCUT2D eigenvalue weighted by Crippen LogP contribution is 2.29. The third kappa shape index (κ3) is 4.48. The zero-order valence-electron chi connectivity index (χ0n) is 12.2. The number of nitrogens with zero attached hydrogens (tertiary/aromatic N) is 1. The summed E-state index contributed by atoms with van der Waals surface area (Å²) in [7, 11) is 0. The summed E-state index contributed by atoms with van der Waals surface area (Å²) < 4.78 is 5.26. The van der Waals surface area contributed by atoms with E-state index in [0.717, 1.165) is 24.8 Å². The highest BCUT2D eigenvalue weighted by atomic mass is 16.6. The van der Waals surface area contributed by atoms with Gasteiger partial charge in [-0.15, -0.1) is 0 Å². The van der Waals surface area contributed by atoms with Gasteiger partial charge in [0.1, 0.15) is 13.2 Å². The quantitative estimate of drug-likeness (QED) is 0.905. The van der Waals surface area contributed by atoms with Gasteiger partial charge in [-0.1, -0.05) is 37.3 Å². The highest BCUT2D eigenvalue weighted by Gasteiger charge is 2.32. The van der Waals surface area contributed by atoms with Crippen LogP contribution in [0.5, 0.6) is 0 Å². The van der Waals surface area contributed by atoms with Crippen molar-refractivity contribution in [3.8, 4) is 0 Å². The number of amides is 1. The Morgan fingerprint density at radius 1 is 1.29 bits per heavy atom. The zero-order valence-corrected chi connectivity index (χ0v) is 12.2. The Kier molecular flexibility index (Phi) is 5.20. The van der Waals surface area contributed by atoms with Crippen molar-refractivity contribution < 1.29 is 19.4 Å². The van der Waals surface area contributed by atoms with E-state index in [0.29, 0.717) is 5.92 Å². The fourth-order valence-electron chi connectivity index (χ4n) is 2.75. The van der Waals surface area contributed by atoms with E-state index in [4.69, 9.17) is 9.84 Å². The summed E-state index contributed by atoms with van der Waals surface area (Å²) in [6.45, 7) is 1.98. The van der Waals surface area contributed by atoms with Crippen LogP contribution in [-0.4, -0.2) is 34.7 Å². The van der Waals surface area contributed by atoms with Gasteiger partial charge in [-0.25, -0.2) is 4.79 Å². The number of hydrogen-bond acceptors (Lipinski definition) is 3. The molecular weight excluding hydrogens is 270 g/mol. The van der Waals surface area contributed by atoms with Crippen LogP contribution < -0.4 is 0 Å². The Bertz CT molecular complexity index is 488. The standard InChI is InChI=1S/C16H21NO4/c1-12-7-8-14(9-12)17(10-15(18)19)16(20)21-11-13-5-3-2-4-6-13/h2-6,12,14H,7-11H2,1H3,(H,18,19)/t12-,14+/m1/s1. The molecule has 1 aliphatic rings. The number of hydrogen-bond donors (Lipinski definition) is 1. The molecule has 0 saturated heterocycles. The maximum absolute atomic E-state index is 12.2. The molecule has 1 N–H and O–H groups in total. The molecule has 114 valence electrons.